The predicted octanol–water partition coefficient (Wildman–Crippen LogP) is 9.06. The summed E-state index contributed by atoms with van der Waals surface area (Å²) < 4.78 is 21.8. The van der Waals surface area contributed by atoms with Crippen molar-refractivity contribution in [3.63, 3.8) is 0 Å². The van der Waals surface area contributed by atoms with E-state index in [1.165, 1.54) is 40.8 Å². The molecule has 10 heteroatoms. The van der Waals surface area contributed by atoms with Gasteiger partial charge >= 0.3 is 5.97 Å². The van der Waals surface area contributed by atoms with Gasteiger partial charge in [0.2, 0.25) is 0 Å². The smallest absolute Gasteiger partial charge is 0.329 e. The number of aromatic nitrogens is 2. The zero-order valence-electron chi connectivity index (χ0n) is 33.4. The van der Waals surface area contributed by atoms with Crippen LogP contribution < -0.4 is 19.5 Å². The number of pyridine rings is 1. The van der Waals surface area contributed by atoms with Crippen LogP contribution in [0.1, 0.15) is 92.7 Å². The molecule has 8 rings (SSSR count). The van der Waals surface area contributed by atoms with Crippen LogP contribution in [-0.4, -0.2) is 64.5 Å². The molecular weight excluding hydrogens is 724 g/mol. The second-order valence-electron chi connectivity index (χ2n) is 17.5. The first-order chi connectivity index (χ1) is 27.0. The number of nitrogens with one attached hydrogen (secondary N) is 1. The van der Waals surface area contributed by atoms with Crippen LogP contribution in [0.5, 0.6) is 17.2 Å². The molecule has 2 N–H and O–H groups in total. The highest BCUT2D eigenvalue weighted by atomic mass is 35.5. The lowest BCUT2D eigenvalue weighted by Gasteiger charge is -2.47. The zero-order chi connectivity index (χ0) is 39.0. The fourth-order valence-corrected chi connectivity index (χ4v) is 10.6. The number of carboxylic acids is 1. The summed E-state index contributed by atoms with van der Waals surface area (Å²) in [6.45, 7) is 8.14. The highest BCUT2D eigenvalue weighted by Gasteiger charge is 2.54. The molecule has 1 unspecified atom stereocenters. The maximum absolute atomic E-state index is 13.1. The molecule has 1 spiro atoms. The molecule has 3 aliphatic carbocycles. The Morgan fingerprint density at radius 2 is 1.91 bits per heavy atom. The number of anilines is 1. The van der Waals surface area contributed by atoms with Crippen LogP contribution in [0.25, 0.3) is 0 Å². The maximum Gasteiger partial charge on any atom is 0.329 e. The fraction of sp³-hybridized carbons (Fsp3) is 0.522. The van der Waals surface area contributed by atoms with Crippen molar-refractivity contribution in [1.82, 2.24) is 14.5 Å². The topological polar surface area (TPSA) is 98.1 Å². The molecule has 0 bridgehead atoms. The second-order valence-corrected chi connectivity index (χ2v) is 18.0. The first-order valence-corrected chi connectivity index (χ1v) is 21.0. The van der Waals surface area contributed by atoms with Gasteiger partial charge in [-0.05, 0) is 147 Å². The Bertz CT molecular complexity index is 2040. The summed E-state index contributed by atoms with van der Waals surface area (Å²) in [6.07, 6.45) is 13.9. The standard InChI is InChI=1S/C46H57ClN4O5/c1-30(27-54-40-11-17-48-39-10-5-7-31(2)43(39)40)19-35-20-34-21-41-42(56-29-33(28-55-41)26-51(4)25-32-12-18-50(3)24-32)23-38(34)45(35)13-15-46(16-14-45,44(52)53)49-37-9-6-8-36(47)22-37/h6,8-9,11-12,17-18,21-24,30-31,33,35,49H,5,7,10,13-16,19-20,25-29H2,1-4H3,(H,52,53)/t30-,31-,33?,35+,45?,46?/m1/s1. The normalized spacial score (nSPS) is 26.0. The van der Waals surface area contributed by atoms with Gasteiger partial charge in [0.25, 0.3) is 0 Å². The SMILES string of the molecule is C[C@@H](COc1ccnc2c1[C@H](C)CCC2)C[C@H]1Cc2cc3c(cc2C12CCC(Nc1cccc(Cl)c1)(C(=O)O)CC2)OCC(CN(C)Cc1ccn(C)c1)CO3. The minimum atomic E-state index is -1.08. The van der Waals surface area contributed by atoms with E-state index in [0.717, 1.165) is 68.1 Å². The molecule has 1 fully saturated rings. The Balaban J connectivity index is 1.02. The summed E-state index contributed by atoms with van der Waals surface area (Å²) in [4.78, 5) is 20.1. The van der Waals surface area contributed by atoms with Crippen LogP contribution >= 0.6 is 11.6 Å². The van der Waals surface area contributed by atoms with Crippen molar-refractivity contribution in [3.8, 4) is 17.2 Å². The number of ether oxygens (including phenoxy) is 3. The van der Waals surface area contributed by atoms with E-state index in [9.17, 15) is 9.90 Å². The quantitative estimate of drug-likeness (QED) is 0.147. The van der Waals surface area contributed by atoms with Gasteiger partial charge in [-0.2, -0.15) is 0 Å². The predicted molar refractivity (Wildman–Crippen MR) is 220 cm³/mol. The summed E-state index contributed by atoms with van der Waals surface area (Å²) in [5.74, 6) is 3.08. The average molecular weight is 781 g/mol. The molecule has 2 aromatic carbocycles. The van der Waals surface area contributed by atoms with E-state index < -0.39 is 11.5 Å². The number of nitrogens with zero attached hydrogens (tertiary/aromatic N) is 3. The number of halogens is 1. The van der Waals surface area contributed by atoms with Crippen LogP contribution in [-0.2, 0) is 36.6 Å². The van der Waals surface area contributed by atoms with Crippen molar-refractivity contribution in [2.45, 2.75) is 95.1 Å². The third kappa shape index (κ3) is 7.86. The number of hydrogen-bond donors (Lipinski definition) is 2. The van der Waals surface area contributed by atoms with E-state index in [1.807, 2.05) is 36.5 Å². The van der Waals surface area contributed by atoms with Crippen molar-refractivity contribution in [2.24, 2.45) is 24.8 Å². The lowest BCUT2D eigenvalue weighted by molar-refractivity contribution is -0.144. The van der Waals surface area contributed by atoms with Crippen LogP contribution in [0.4, 0.5) is 5.69 Å². The van der Waals surface area contributed by atoms with Gasteiger partial charge in [0, 0.05) is 66.6 Å². The van der Waals surface area contributed by atoms with Gasteiger partial charge in [-0.3, -0.25) is 4.98 Å². The Labute approximate surface area is 336 Å². The van der Waals surface area contributed by atoms with Crippen LogP contribution in [0.15, 0.2) is 67.1 Å². The fourth-order valence-electron chi connectivity index (χ4n) is 10.4. The summed E-state index contributed by atoms with van der Waals surface area (Å²) in [7, 11) is 4.21. The lowest BCUT2D eigenvalue weighted by Crippen LogP contribution is -2.53. The third-order valence-corrected chi connectivity index (χ3v) is 13.5. The van der Waals surface area contributed by atoms with E-state index in [4.69, 9.17) is 25.8 Å². The Morgan fingerprint density at radius 1 is 1.12 bits per heavy atom. The van der Waals surface area contributed by atoms with Gasteiger partial charge in [0.15, 0.2) is 11.5 Å². The van der Waals surface area contributed by atoms with Crippen LogP contribution in [0.3, 0.4) is 0 Å². The largest absolute Gasteiger partial charge is 0.493 e. The Kier molecular flexibility index (Phi) is 11.0. The molecule has 4 aliphatic rings. The van der Waals surface area contributed by atoms with Gasteiger partial charge < -0.3 is 34.1 Å². The third-order valence-electron chi connectivity index (χ3n) is 13.2. The molecule has 0 saturated heterocycles. The first-order valence-electron chi connectivity index (χ1n) is 20.6. The summed E-state index contributed by atoms with van der Waals surface area (Å²) >= 11 is 6.33. The van der Waals surface area contributed by atoms with E-state index in [-0.39, 0.29) is 11.3 Å². The number of aliphatic carboxylic acids is 1. The number of carbonyl (C=O) groups is 1. The van der Waals surface area contributed by atoms with Crippen LogP contribution in [0, 0.1) is 17.8 Å². The summed E-state index contributed by atoms with van der Waals surface area (Å²) in [5, 5.41) is 14.7. The van der Waals surface area contributed by atoms with Crippen molar-refractivity contribution in [1.29, 1.82) is 0 Å². The number of aryl methyl sites for hydroxylation is 2. The molecule has 4 aromatic rings. The zero-order valence-corrected chi connectivity index (χ0v) is 34.1. The molecule has 0 radical (unpaired) electrons. The second kappa shape index (κ2) is 16.0. The maximum atomic E-state index is 13.1. The minimum Gasteiger partial charge on any atom is -0.493 e. The molecule has 2 aromatic heterocycles. The molecule has 1 saturated carbocycles. The first kappa shape index (κ1) is 38.7. The van der Waals surface area contributed by atoms with E-state index in [0.29, 0.717) is 55.4 Å². The van der Waals surface area contributed by atoms with Crippen molar-refractivity contribution < 1.29 is 24.1 Å². The molecule has 0 amide bonds. The van der Waals surface area contributed by atoms with Gasteiger partial charge in [-0.25, -0.2) is 4.79 Å². The van der Waals surface area contributed by atoms with Gasteiger partial charge in [-0.15, -0.1) is 0 Å². The van der Waals surface area contributed by atoms with Gasteiger partial charge in [0.05, 0.1) is 19.8 Å². The molecule has 9 nitrogen and oxygen atoms in total. The van der Waals surface area contributed by atoms with E-state index in [2.05, 4.69) is 78.3 Å². The lowest BCUT2D eigenvalue weighted by atomic mass is 9.59. The minimum absolute atomic E-state index is 0.192. The molecule has 1 aliphatic heterocycles. The van der Waals surface area contributed by atoms with Crippen molar-refractivity contribution in [2.75, 3.05) is 38.7 Å². The molecule has 298 valence electrons. The highest BCUT2D eigenvalue weighted by molar-refractivity contribution is 6.30. The Morgan fingerprint density at radius 3 is 2.64 bits per heavy atom. The number of carboxylic acid groups (broad SMARTS) is 1. The number of fused-ring (bicyclic) bond motifs is 4. The molecule has 56 heavy (non-hydrogen) atoms. The average Bonchev–Trinajstić information content (AvgIpc) is 3.63. The number of benzene rings is 2. The van der Waals surface area contributed by atoms with Crippen molar-refractivity contribution in [3.05, 3.63) is 100 Å². The van der Waals surface area contributed by atoms with Crippen LogP contribution in [0.2, 0.25) is 5.02 Å². The van der Waals surface area contributed by atoms with E-state index in [1.54, 1.807) is 0 Å². The summed E-state index contributed by atoms with van der Waals surface area (Å²) in [6, 6.07) is 16.1. The molecular formula is C46H57ClN4O5. The van der Waals surface area contributed by atoms with Gasteiger partial charge in [0.1, 0.15) is 11.3 Å². The molecule has 3 heterocycles. The van der Waals surface area contributed by atoms with E-state index >= 15 is 0 Å². The summed E-state index contributed by atoms with van der Waals surface area (Å²) in [5.41, 5.74) is 5.82. The van der Waals surface area contributed by atoms with Crippen molar-refractivity contribution >= 4 is 23.3 Å². The molecule has 4 atom stereocenters. The van der Waals surface area contributed by atoms with Gasteiger partial charge in [-0.1, -0.05) is 31.5 Å². The Hall–Kier alpha value is -4.21. The number of rotatable bonds is 12. The monoisotopic (exact) mass is 780 g/mol. The highest BCUT2D eigenvalue weighted by Crippen LogP contribution is 2.58. The number of hydrogen-bond acceptors (Lipinski definition) is 7.